The van der Waals surface area contributed by atoms with E-state index in [4.69, 9.17) is 0 Å². The van der Waals surface area contributed by atoms with Crippen molar-refractivity contribution in [3.63, 3.8) is 0 Å². The van der Waals surface area contributed by atoms with Gasteiger partial charge in [0, 0.05) is 19.3 Å². The monoisotopic (exact) mass is 341 g/mol. The van der Waals surface area contributed by atoms with Gasteiger partial charge in [0.2, 0.25) is 5.91 Å². The van der Waals surface area contributed by atoms with Crippen LogP contribution in [-0.2, 0) is 14.6 Å². The van der Waals surface area contributed by atoms with E-state index in [9.17, 15) is 23.3 Å². The molecule has 1 N–H and O–H groups in total. The number of hydrogen-bond donors (Lipinski definition) is 1. The van der Waals surface area contributed by atoms with Crippen LogP contribution in [0.2, 0.25) is 0 Å². The Morgan fingerprint density at radius 2 is 1.96 bits per heavy atom. The van der Waals surface area contributed by atoms with Gasteiger partial charge in [-0.25, -0.2) is 8.42 Å². The lowest BCUT2D eigenvalue weighted by atomic mass is 10.1. The second-order valence-corrected chi connectivity index (χ2v) is 7.46. The first-order chi connectivity index (χ1) is 10.8. The smallest absolute Gasteiger partial charge is 0.310 e. The number of hydrogen-bond acceptors (Lipinski definition) is 6. The lowest BCUT2D eigenvalue weighted by molar-refractivity contribution is -0.386. The van der Waals surface area contributed by atoms with Gasteiger partial charge in [0.1, 0.15) is 10.6 Å². The number of likely N-dealkylation sites (tertiary alicyclic amines) is 1. The Bertz CT molecular complexity index is 711. The Balaban J connectivity index is 2.19. The first-order valence-corrected chi connectivity index (χ1v) is 9.19. The molecule has 9 heteroatoms. The maximum absolute atomic E-state index is 12.1. The van der Waals surface area contributed by atoms with Crippen molar-refractivity contribution in [2.24, 2.45) is 0 Å². The quantitative estimate of drug-likeness (QED) is 0.641. The molecule has 1 fully saturated rings. The number of carbonyl (C=O) groups excluding carboxylic acids is 1. The molecule has 2 rings (SSSR count). The molecule has 0 spiro atoms. The standard InChI is InChI=1S/C14H19N3O5S/c1-23(21,22)12-7-5-6-11(14(12)17(19)20)15-10-13(18)16-8-3-2-4-9-16/h5-7,15H,2-4,8-10H2,1H3. The Morgan fingerprint density at radius 3 is 2.52 bits per heavy atom. The summed E-state index contributed by atoms with van der Waals surface area (Å²) in [6.45, 7) is 1.27. The van der Waals surface area contributed by atoms with Gasteiger partial charge in [0.25, 0.3) is 0 Å². The number of sulfone groups is 1. The van der Waals surface area contributed by atoms with Crippen LogP contribution in [-0.4, -0.2) is 50.0 Å². The van der Waals surface area contributed by atoms with Crippen LogP contribution >= 0.6 is 0 Å². The van der Waals surface area contributed by atoms with Crippen molar-refractivity contribution in [3.8, 4) is 0 Å². The Hall–Kier alpha value is -2.16. The van der Waals surface area contributed by atoms with Gasteiger partial charge < -0.3 is 10.2 Å². The zero-order valence-corrected chi connectivity index (χ0v) is 13.6. The number of nitrogens with one attached hydrogen (secondary N) is 1. The zero-order valence-electron chi connectivity index (χ0n) is 12.8. The molecule has 0 saturated carbocycles. The van der Waals surface area contributed by atoms with Gasteiger partial charge in [-0.1, -0.05) is 6.07 Å². The zero-order chi connectivity index (χ0) is 17.0. The van der Waals surface area contributed by atoms with Crippen LogP contribution in [0.4, 0.5) is 11.4 Å². The van der Waals surface area contributed by atoms with E-state index in [1.165, 1.54) is 18.2 Å². The minimum absolute atomic E-state index is 0.0308. The number of nitro benzene ring substituents is 1. The van der Waals surface area contributed by atoms with Crippen LogP contribution in [0.15, 0.2) is 23.1 Å². The highest BCUT2D eigenvalue weighted by Crippen LogP contribution is 2.31. The highest BCUT2D eigenvalue weighted by atomic mass is 32.2. The fourth-order valence-corrected chi connectivity index (χ4v) is 3.44. The molecule has 1 amide bonds. The van der Waals surface area contributed by atoms with E-state index in [0.29, 0.717) is 13.1 Å². The van der Waals surface area contributed by atoms with Crippen molar-refractivity contribution in [1.29, 1.82) is 0 Å². The van der Waals surface area contributed by atoms with Crippen LogP contribution in [0.25, 0.3) is 0 Å². The second-order valence-electron chi connectivity index (χ2n) is 5.48. The number of amides is 1. The average molecular weight is 341 g/mol. The molecule has 23 heavy (non-hydrogen) atoms. The predicted octanol–water partition coefficient (Wildman–Crippen LogP) is 1.42. The van der Waals surface area contributed by atoms with E-state index < -0.39 is 20.4 Å². The van der Waals surface area contributed by atoms with Gasteiger partial charge in [-0.2, -0.15) is 0 Å². The largest absolute Gasteiger partial charge is 0.371 e. The van der Waals surface area contributed by atoms with Gasteiger partial charge in [-0.15, -0.1) is 0 Å². The van der Waals surface area contributed by atoms with E-state index in [2.05, 4.69) is 5.32 Å². The number of anilines is 1. The van der Waals surface area contributed by atoms with E-state index in [1.807, 2.05) is 0 Å². The molecule has 126 valence electrons. The van der Waals surface area contributed by atoms with Crippen molar-refractivity contribution in [2.45, 2.75) is 24.2 Å². The van der Waals surface area contributed by atoms with Gasteiger partial charge in [0.15, 0.2) is 9.84 Å². The molecular formula is C14H19N3O5S. The molecular weight excluding hydrogens is 322 g/mol. The lowest BCUT2D eigenvalue weighted by Crippen LogP contribution is -2.39. The van der Waals surface area contributed by atoms with Gasteiger partial charge >= 0.3 is 5.69 Å². The third-order valence-electron chi connectivity index (χ3n) is 3.72. The molecule has 1 aliphatic rings. The van der Waals surface area contributed by atoms with E-state index >= 15 is 0 Å². The number of rotatable bonds is 5. The number of para-hydroxylation sites is 1. The molecule has 1 aliphatic heterocycles. The normalized spacial score (nSPS) is 15.3. The van der Waals surface area contributed by atoms with Crippen LogP contribution in [0.5, 0.6) is 0 Å². The Labute approximate surface area is 134 Å². The van der Waals surface area contributed by atoms with Crippen molar-refractivity contribution in [3.05, 3.63) is 28.3 Å². The molecule has 0 aromatic heterocycles. The summed E-state index contributed by atoms with van der Waals surface area (Å²) in [5.41, 5.74) is -0.496. The van der Waals surface area contributed by atoms with Gasteiger partial charge in [0.05, 0.1) is 11.5 Å². The highest BCUT2D eigenvalue weighted by Gasteiger charge is 2.26. The van der Waals surface area contributed by atoms with Crippen LogP contribution in [0.1, 0.15) is 19.3 Å². The summed E-state index contributed by atoms with van der Waals surface area (Å²) in [5, 5.41) is 13.9. The molecule has 1 saturated heterocycles. The summed E-state index contributed by atoms with van der Waals surface area (Å²) in [4.78, 5) is 24.0. The van der Waals surface area contributed by atoms with Crippen molar-refractivity contribution in [2.75, 3.05) is 31.2 Å². The first-order valence-electron chi connectivity index (χ1n) is 7.30. The average Bonchev–Trinajstić information content (AvgIpc) is 2.52. The van der Waals surface area contributed by atoms with Crippen LogP contribution in [0, 0.1) is 10.1 Å². The molecule has 0 unspecified atom stereocenters. The third kappa shape index (κ3) is 4.19. The SMILES string of the molecule is CS(=O)(=O)c1cccc(NCC(=O)N2CCCCC2)c1[N+](=O)[O-]. The van der Waals surface area contributed by atoms with E-state index in [-0.39, 0.29) is 23.0 Å². The number of nitro groups is 1. The molecule has 1 aromatic rings. The molecule has 0 aliphatic carbocycles. The third-order valence-corrected chi connectivity index (χ3v) is 4.85. The van der Waals surface area contributed by atoms with Gasteiger partial charge in [-0.3, -0.25) is 14.9 Å². The maximum atomic E-state index is 12.1. The molecule has 0 atom stereocenters. The molecule has 0 radical (unpaired) electrons. The van der Waals surface area contributed by atoms with E-state index in [0.717, 1.165) is 25.5 Å². The summed E-state index contributed by atoms with van der Waals surface area (Å²) in [6, 6.07) is 4.00. The highest BCUT2D eigenvalue weighted by molar-refractivity contribution is 7.90. The van der Waals surface area contributed by atoms with Crippen molar-refractivity contribution >= 4 is 27.1 Å². The summed E-state index contributed by atoms with van der Waals surface area (Å²) >= 11 is 0. The fraction of sp³-hybridized carbons (Fsp3) is 0.500. The molecule has 1 heterocycles. The minimum Gasteiger partial charge on any atom is -0.371 e. The lowest BCUT2D eigenvalue weighted by Gasteiger charge is -2.26. The van der Waals surface area contributed by atoms with E-state index in [1.54, 1.807) is 4.90 Å². The number of piperidine rings is 1. The number of nitrogens with zero attached hydrogens (tertiary/aromatic N) is 2. The van der Waals surface area contributed by atoms with Crippen LogP contribution < -0.4 is 5.32 Å². The maximum Gasteiger partial charge on any atom is 0.310 e. The van der Waals surface area contributed by atoms with Crippen molar-refractivity contribution in [1.82, 2.24) is 4.90 Å². The minimum atomic E-state index is -3.74. The number of benzene rings is 1. The summed E-state index contributed by atoms with van der Waals surface area (Å²) in [5.74, 6) is -0.149. The molecule has 1 aromatic carbocycles. The predicted molar refractivity (Wildman–Crippen MR) is 85.1 cm³/mol. The summed E-state index contributed by atoms with van der Waals surface area (Å²) in [7, 11) is -3.74. The fourth-order valence-electron chi connectivity index (χ4n) is 2.58. The van der Waals surface area contributed by atoms with Crippen molar-refractivity contribution < 1.29 is 18.1 Å². The first kappa shape index (κ1) is 17.2. The summed E-state index contributed by atoms with van der Waals surface area (Å²) < 4.78 is 23.4. The van der Waals surface area contributed by atoms with Gasteiger partial charge in [-0.05, 0) is 31.4 Å². The summed E-state index contributed by atoms with van der Waals surface area (Å²) in [6.07, 6.45) is 3.92. The number of carbonyl (C=O) groups is 1. The Morgan fingerprint density at radius 1 is 1.30 bits per heavy atom. The Kier molecular flexibility index (Phi) is 5.19. The second kappa shape index (κ2) is 6.95. The van der Waals surface area contributed by atoms with Crippen LogP contribution in [0.3, 0.4) is 0 Å². The topological polar surface area (TPSA) is 110 Å². The molecule has 8 nitrogen and oxygen atoms in total. The molecule has 0 bridgehead atoms.